The number of fused-ring (bicyclic) bond motifs is 1. The van der Waals surface area contributed by atoms with Crippen LogP contribution in [0.15, 0.2) is 48.5 Å². The topological polar surface area (TPSA) is 67.2 Å². The summed E-state index contributed by atoms with van der Waals surface area (Å²) in [4.78, 5) is 28.1. The fraction of sp³-hybridized carbons (Fsp3) is 0.393. The van der Waals surface area contributed by atoms with Gasteiger partial charge in [0.15, 0.2) is 0 Å². The molecule has 2 heterocycles. The maximum Gasteiger partial charge on any atom is 0.240 e. The van der Waals surface area contributed by atoms with Crippen LogP contribution in [0, 0.1) is 11.7 Å². The minimum absolute atomic E-state index is 0.141. The Kier molecular flexibility index (Phi) is 7.99. The molecule has 1 aliphatic heterocycles. The fourth-order valence-corrected chi connectivity index (χ4v) is 5.67. The molecule has 0 aliphatic carbocycles. The third kappa shape index (κ3) is 6.02. The van der Waals surface area contributed by atoms with Gasteiger partial charge >= 0.3 is 0 Å². The lowest BCUT2D eigenvalue weighted by Crippen LogP contribution is -2.43. The van der Waals surface area contributed by atoms with Crippen LogP contribution in [-0.4, -0.2) is 40.4 Å². The van der Waals surface area contributed by atoms with Crippen LogP contribution in [0.1, 0.15) is 56.7 Å². The van der Waals surface area contributed by atoms with Gasteiger partial charge in [0.1, 0.15) is 18.2 Å². The van der Waals surface area contributed by atoms with E-state index in [-0.39, 0.29) is 46.5 Å². The number of benzene rings is 2. The zero-order chi connectivity index (χ0) is 26.9. The Morgan fingerprint density at radius 3 is 2.54 bits per heavy atom. The van der Waals surface area contributed by atoms with Gasteiger partial charge in [-0.25, -0.2) is 9.07 Å². The predicted octanol–water partition coefficient (Wildman–Crippen LogP) is 5.90. The highest BCUT2D eigenvalue weighted by Crippen LogP contribution is 2.48. The molecule has 0 radical (unpaired) electrons. The van der Waals surface area contributed by atoms with Crippen LogP contribution in [0.4, 0.5) is 10.2 Å². The molecule has 1 unspecified atom stereocenters. The van der Waals surface area contributed by atoms with E-state index in [2.05, 4.69) is 26.1 Å². The van der Waals surface area contributed by atoms with Crippen LogP contribution in [0.25, 0.3) is 5.69 Å². The summed E-state index contributed by atoms with van der Waals surface area (Å²) in [7, 11) is 0. The number of carbonyl (C=O) groups is 2. The van der Waals surface area contributed by atoms with Crippen molar-refractivity contribution in [2.45, 2.75) is 45.3 Å². The third-order valence-electron chi connectivity index (χ3n) is 6.03. The number of anilines is 1. The Balaban J connectivity index is 1.96. The van der Waals surface area contributed by atoms with Crippen LogP contribution >= 0.6 is 23.4 Å². The summed E-state index contributed by atoms with van der Waals surface area (Å²) in [6, 6.07) is 13.6. The first-order valence-electron chi connectivity index (χ1n) is 12.3. The van der Waals surface area contributed by atoms with Gasteiger partial charge < -0.3 is 5.32 Å². The van der Waals surface area contributed by atoms with Gasteiger partial charge in [0, 0.05) is 22.5 Å². The minimum Gasteiger partial charge on any atom is -0.354 e. The lowest BCUT2D eigenvalue weighted by Gasteiger charge is -2.24. The van der Waals surface area contributed by atoms with Crippen molar-refractivity contribution < 1.29 is 14.0 Å². The first-order valence-corrected chi connectivity index (χ1v) is 13.7. The summed E-state index contributed by atoms with van der Waals surface area (Å²) < 4.78 is 15.5. The van der Waals surface area contributed by atoms with E-state index in [9.17, 15) is 14.0 Å². The van der Waals surface area contributed by atoms with Crippen molar-refractivity contribution in [1.29, 1.82) is 0 Å². The molecule has 1 atom stereocenters. The van der Waals surface area contributed by atoms with Crippen molar-refractivity contribution >= 4 is 41.0 Å². The second kappa shape index (κ2) is 10.9. The maximum absolute atomic E-state index is 13.8. The van der Waals surface area contributed by atoms with Crippen molar-refractivity contribution in [3.05, 3.63) is 76.2 Å². The van der Waals surface area contributed by atoms with Gasteiger partial charge in [-0.15, -0.1) is 11.8 Å². The van der Waals surface area contributed by atoms with Crippen molar-refractivity contribution in [3.63, 3.8) is 0 Å². The normalized spacial score (nSPS) is 16.1. The van der Waals surface area contributed by atoms with Gasteiger partial charge in [-0.2, -0.15) is 5.10 Å². The summed E-state index contributed by atoms with van der Waals surface area (Å²) in [5.74, 6) is 0.167. The van der Waals surface area contributed by atoms with Gasteiger partial charge in [-0.1, -0.05) is 58.4 Å². The fourth-order valence-electron chi connectivity index (χ4n) is 4.29. The second-order valence-electron chi connectivity index (χ2n) is 10.6. The molecule has 0 saturated carbocycles. The van der Waals surface area contributed by atoms with E-state index >= 15 is 0 Å². The average molecular weight is 543 g/mol. The summed E-state index contributed by atoms with van der Waals surface area (Å²) in [5.41, 5.74) is 2.82. The molecule has 0 spiro atoms. The lowest BCUT2D eigenvalue weighted by molar-refractivity contribution is -0.123. The number of hydrogen-bond acceptors (Lipinski definition) is 4. The smallest absolute Gasteiger partial charge is 0.240 e. The average Bonchev–Trinajstić information content (AvgIpc) is 3.16. The van der Waals surface area contributed by atoms with Gasteiger partial charge in [0.2, 0.25) is 11.8 Å². The number of aromatic nitrogens is 2. The Hall–Kier alpha value is -2.84. The number of amides is 2. The molecular weight excluding hydrogens is 511 g/mol. The van der Waals surface area contributed by atoms with Gasteiger partial charge in [0.25, 0.3) is 0 Å². The Morgan fingerprint density at radius 2 is 1.92 bits per heavy atom. The summed E-state index contributed by atoms with van der Waals surface area (Å²) in [6.45, 7) is 10.6. The first-order chi connectivity index (χ1) is 17.5. The highest BCUT2D eigenvalue weighted by atomic mass is 35.5. The highest BCUT2D eigenvalue weighted by molar-refractivity contribution is 8.00. The predicted molar refractivity (Wildman–Crippen MR) is 148 cm³/mol. The summed E-state index contributed by atoms with van der Waals surface area (Å²) in [5, 5.41) is 8.27. The number of halogens is 2. The van der Waals surface area contributed by atoms with Gasteiger partial charge in [0.05, 0.1) is 22.4 Å². The number of rotatable bonds is 6. The molecule has 0 bridgehead atoms. The molecule has 2 aromatic carbocycles. The first kappa shape index (κ1) is 27.2. The molecule has 2 amide bonds. The highest BCUT2D eigenvalue weighted by Gasteiger charge is 2.40. The quantitative estimate of drug-likeness (QED) is 0.421. The van der Waals surface area contributed by atoms with Crippen molar-refractivity contribution in [3.8, 4) is 5.69 Å². The van der Waals surface area contributed by atoms with Crippen LogP contribution in [0.5, 0.6) is 0 Å². The maximum atomic E-state index is 13.8. The Labute approximate surface area is 226 Å². The van der Waals surface area contributed by atoms with E-state index in [0.717, 1.165) is 16.8 Å². The molecular formula is C28H32ClFN4O2S. The Morgan fingerprint density at radius 1 is 1.22 bits per heavy atom. The SMILES string of the molecule is CC(C)CNC(=O)CN1C(=O)CSC(c2cccc(Cl)c2)c2c(C(C)(C)C)nn(-c3ccc(F)cc3)c21. The van der Waals surface area contributed by atoms with E-state index < -0.39 is 0 Å². The third-order valence-corrected chi connectivity index (χ3v) is 7.52. The molecule has 37 heavy (non-hydrogen) atoms. The van der Waals surface area contributed by atoms with Crippen LogP contribution < -0.4 is 10.2 Å². The van der Waals surface area contributed by atoms with Crippen molar-refractivity contribution in [2.75, 3.05) is 23.7 Å². The molecule has 0 fully saturated rings. The number of hydrogen-bond donors (Lipinski definition) is 1. The van der Waals surface area contributed by atoms with E-state index in [1.165, 1.54) is 28.8 Å². The molecule has 0 saturated heterocycles. The molecule has 1 aliphatic rings. The summed E-state index contributed by atoms with van der Waals surface area (Å²) >= 11 is 7.86. The minimum atomic E-state index is -0.383. The Bertz CT molecular complexity index is 1300. The zero-order valence-corrected chi connectivity index (χ0v) is 23.3. The lowest BCUT2D eigenvalue weighted by atomic mass is 9.87. The molecule has 9 heteroatoms. The van der Waals surface area contributed by atoms with Crippen molar-refractivity contribution in [1.82, 2.24) is 15.1 Å². The number of nitrogens with one attached hydrogen (secondary N) is 1. The number of thioether (sulfide) groups is 1. The standard InChI is InChI=1S/C28H32ClFN4O2S/c1-17(2)14-31-22(35)15-33-23(36)16-37-25(18-7-6-8-19(29)13-18)24-26(28(3,4)5)32-34(27(24)33)21-11-9-20(30)10-12-21/h6-13,17,25H,14-16H2,1-5H3,(H,31,35). The monoisotopic (exact) mass is 542 g/mol. The molecule has 1 N–H and O–H groups in total. The van der Waals surface area contributed by atoms with Crippen LogP contribution in [0.3, 0.4) is 0 Å². The molecule has 3 aromatic rings. The van der Waals surface area contributed by atoms with Gasteiger partial charge in [-0.3, -0.25) is 14.5 Å². The molecule has 4 rings (SSSR count). The van der Waals surface area contributed by atoms with Crippen LogP contribution in [-0.2, 0) is 15.0 Å². The van der Waals surface area contributed by atoms with E-state index in [4.69, 9.17) is 16.7 Å². The van der Waals surface area contributed by atoms with E-state index in [1.54, 1.807) is 16.8 Å². The number of carbonyl (C=O) groups excluding carboxylic acids is 2. The zero-order valence-electron chi connectivity index (χ0n) is 21.7. The van der Waals surface area contributed by atoms with Gasteiger partial charge in [-0.05, 0) is 47.9 Å². The second-order valence-corrected chi connectivity index (χ2v) is 12.2. The molecule has 196 valence electrons. The number of nitrogens with zero attached hydrogens (tertiary/aromatic N) is 3. The summed E-state index contributed by atoms with van der Waals surface area (Å²) in [6.07, 6.45) is 0. The van der Waals surface area contributed by atoms with Crippen LogP contribution in [0.2, 0.25) is 5.02 Å². The van der Waals surface area contributed by atoms with E-state index in [1.807, 2.05) is 38.1 Å². The molecule has 6 nitrogen and oxygen atoms in total. The van der Waals surface area contributed by atoms with Crippen molar-refractivity contribution in [2.24, 2.45) is 5.92 Å². The van der Waals surface area contributed by atoms with E-state index in [0.29, 0.717) is 23.1 Å². The molecule has 1 aromatic heterocycles. The largest absolute Gasteiger partial charge is 0.354 e.